The van der Waals surface area contributed by atoms with Crippen molar-refractivity contribution in [1.29, 1.82) is 0 Å². The highest BCUT2D eigenvalue weighted by atomic mass is 35.5. The summed E-state index contributed by atoms with van der Waals surface area (Å²) in [7, 11) is -3.74. The third-order valence-electron chi connectivity index (χ3n) is 3.49. The molecule has 2 rings (SSSR count). The van der Waals surface area contributed by atoms with E-state index in [1.54, 1.807) is 0 Å². The second-order valence-corrected chi connectivity index (χ2v) is 8.10. The molecule has 1 fully saturated rings. The minimum atomic E-state index is -3.74. The van der Waals surface area contributed by atoms with Crippen LogP contribution in [0.3, 0.4) is 0 Å². The Morgan fingerprint density at radius 2 is 2.05 bits per heavy atom. The number of ether oxygens (including phenoxy) is 1. The topological polar surface area (TPSA) is 72.6 Å². The van der Waals surface area contributed by atoms with Gasteiger partial charge in [-0.25, -0.2) is 8.42 Å². The number of sulfonamides is 1. The van der Waals surface area contributed by atoms with Gasteiger partial charge in [-0.05, 0) is 26.0 Å². The maximum absolute atomic E-state index is 12.9. The predicted molar refractivity (Wildman–Crippen MR) is 83.1 cm³/mol. The fourth-order valence-corrected chi connectivity index (χ4v) is 5.03. The number of hydrogen-bond donors (Lipinski definition) is 1. The SMILES string of the molecule is CC1(C)COCCN1S(=O)(=O)c1ccc(Cl)c(CN)c1Cl. The minimum Gasteiger partial charge on any atom is -0.378 e. The van der Waals surface area contributed by atoms with Crippen molar-refractivity contribution in [2.75, 3.05) is 19.8 Å². The van der Waals surface area contributed by atoms with Crippen molar-refractivity contribution in [3.8, 4) is 0 Å². The van der Waals surface area contributed by atoms with E-state index in [0.717, 1.165) is 0 Å². The van der Waals surface area contributed by atoms with Crippen LogP contribution in [0.25, 0.3) is 0 Å². The summed E-state index contributed by atoms with van der Waals surface area (Å²) in [4.78, 5) is 0.0315. The van der Waals surface area contributed by atoms with Crippen LogP contribution >= 0.6 is 23.2 Å². The Hall–Kier alpha value is -0.370. The fourth-order valence-electron chi connectivity index (χ4n) is 2.37. The van der Waals surface area contributed by atoms with Gasteiger partial charge in [-0.2, -0.15) is 4.31 Å². The van der Waals surface area contributed by atoms with E-state index in [1.807, 2.05) is 13.8 Å². The molecule has 0 unspecified atom stereocenters. The van der Waals surface area contributed by atoms with Crippen molar-refractivity contribution in [2.45, 2.75) is 30.8 Å². The number of nitrogens with zero attached hydrogens (tertiary/aromatic N) is 1. The van der Waals surface area contributed by atoms with Gasteiger partial charge < -0.3 is 10.5 Å². The summed E-state index contributed by atoms with van der Waals surface area (Å²) in [5.41, 5.74) is 5.40. The van der Waals surface area contributed by atoms with Gasteiger partial charge in [0.1, 0.15) is 4.90 Å². The standard InChI is InChI=1S/C13H18Cl2N2O3S/c1-13(2)8-20-6-5-17(13)21(18,19)11-4-3-10(14)9(7-16)12(11)15/h3-4H,5-8,16H2,1-2H3. The van der Waals surface area contributed by atoms with E-state index in [0.29, 0.717) is 23.8 Å². The summed E-state index contributed by atoms with van der Waals surface area (Å²) in [5, 5.41) is 0.454. The molecule has 1 heterocycles. The molecule has 0 aromatic heterocycles. The van der Waals surface area contributed by atoms with Crippen molar-refractivity contribution in [2.24, 2.45) is 5.73 Å². The number of hydrogen-bond acceptors (Lipinski definition) is 4. The van der Waals surface area contributed by atoms with E-state index in [1.165, 1.54) is 16.4 Å². The number of benzene rings is 1. The molecule has 2 N–H and O–H groups in total. The number of morpholine rings is 1. The van der Waals surface area contributed by atoms with E-state index in [4.69, 9.17) is 33.7 Å². The second-order valence-electron chi connectivity index (χ2n) is 5.48. The number of rotatable bonds is 3. The average Bonchev–Trinajstić information content (AvgIpc) is 2.38. The van der Waals surface area contributed by atoms with Gasteiger partial charge in [0.15, 0.2) is 0 Å². The highest BCUT2D eigenvalue weighted by Crippen LogP contribution is 2.35. The number of halogens is 2. The summed E-state index contributed by atoms with van der Waals surface area (Å²) in [6.07, 6.45) is 0. The molecule has 8 heteroatoms. The van der Waals surface area contributed by atoms with E-state index < -0.39 is 15.6 Å². The van der Waals surface area contributed by atoms with Crippen LogP contribution in [0.15, 0.2) is 17.0 Å². The van der Waals surface area contributed by atoms with Gasteiger partial charge >= 0.3 is 0 Å². The van der Waals surface area contributed by atoms with Crippen molar-refractivity contribution >= 4 is 33.2 Å². The lowest BCUT2D eigenvalue weighted by molar-refractivity contribution is -0.00770. The van der Waals surface area contributed by atoms with Crippen LogP contribution in [0.2, 0.25) is 10.0 Å². The Morgan fingerprint density at radius 1 is 1.38 bits per heavy atom. The molecule has 21 heavy (non-hydrogen) atoms. The highest BCUT2D eigenvalue weighted by molar-refractivity contribution is 7.89. The normalized spacial score (nSPS) is 19.7. The van der Waals surface area contributed by atoms with Gasteiger partial charge in [0.25, 0.3) is 0 Å². The van der Waals surface area contributed by atoms with Crippen molar-refractivity contribution < 1.29 is 13.2 Å². The molecule has 0 atom stereocenters. The summed E-state index contributed by atoms with van der Waals surface area (Å²) >= 11 is 12.2. The smallest absolute Gasteiger partial charge is 0.245 e. The summed E-state index contributed by atoms with van der Waals surface area (Å²) < 4.78 is 32.6. The maximum Gasteiger partial charge on any atom is 0.245 e. The van der Waals surface area contributed by atoms with Crippen LogP contribution in [0, 0.1) is 0 Å². The van der Waals surface area contributed by atoms with Gasteiger partial charge in [0.2, 0.25) is 10.0 Å². The molecule has 1 aliphatic heterocycles. The van der Waals surface area contributed by atoms with Crippen LogP contribution in [0.5, 0.6) is 0 Å². The van der Waals surface area contributed by atoms with E-state index in [9.17, 15) is 8.42 Å². The zero-order valence-corrected chi connectivity index (χ0v) is 14.2. The Morgan fingerprint density at radius 3 is 2.62 bits per heavy atom. The summed E-state index contributed by atoms with van der Waals surface area (Å²) in [6.45, 7) is 4.69. The molecular weight excluding hydrogens is 335 g/mol. The first-order valence-corrected chi connectivity index (χ1v) is 8.69. The van der Waals surface area contributed by atoms with Gasteiger partial charge in [-0.1, -0.05) is 23.2 Å². The van der Waals surface area contributed by atoms with Crippen molar-refractivity contribution in [3.63, 3.8) is 0 Å². The first-order valence-electron chi connectivity index (χ1n) is 6.49. The monoisotopic (exact) mass is 352 g/mol. The van der Waals surface area contributed by atoms with E-state index in [2.05, 4.69) is 0 Å². The molecule has 0 bridgehead atoms. The maximum atomic E-state index is 12.9. The lowest BCUT2D eigenvalue weighted by Gasteiger charge is -2.40. The summed E-state index contributed by atoms with van der Waals surface area (Å²) in [6, 6.07) is 2.93. The van der Waals surface area contributed by atoms with Crippen LogP contribution in [0.4, 0.5) is 0 Å². The molecule has 0 radical (unpaired) electrons. The molecule has 0 amide bonds. The summed E-state index contributed by atoms with van der Waals surface area (Å²) in [5.74, 6) is 0. The molecule has 0 aliphatic carbocycles. The molecular formula is C13H18Cl2N2O3S. The molecule has 1 aromatic rings. The Labute approximate surface area is 135 Å². The zero-order chi connectivity index (χ0) is 15.8. The quantitative estimate of drug-likeness (QED) is 0.905. The van der Waals surface area contributed by atoms with Gasteiger partial charge in [-0.15, -0.1) is 0 Å². The highest BCUT2D eigenvalue weighted by Gasteiger charge is 2.40. The molecule has 1 saturated heterocycles. The molecule has 1 aliphatic rings. The first kappa shape index (κ1) is 17.0. The third-order valence-corrected chi connectivity index (χ3v) is 6.54. The molecule has 0 spiro atoms. The van der Waals surface area contributed by atoms with Crippen molar-refractivity contribution in [3.05, 3.63) is 27.7 Å². The molecule has 0 saturated carbocycles. The Bertz CT molecular complexity index is 647. The van der Waals surface area contributed by atoms with Crippen LogP contribution in [-0.4, -0.2) is 38.0 Å². The number of nitrogens with two attached hydrogens (primary N) is 1. The van der Waals surface area contributed by atoms with Gasteiger partial charge in [-0.3, -0.25) is 0 Å². The first-order chi connectivity index (χ1) is 9.71. The van der Waals surface area contributed by atoms with Gasteiger partial charge in [0, 0.05) is 23.7 Å². The van der Waals surface area contributed by atoms with E-state index >= 15 is 0 Å². The molecule has 1 aromatic carbocycles. The van der Waals surface area contributed by atoms with Gasteiger partial charge in [0.05, 0.1) is 23.8 Å². The fraction of sp³-hybridized carbons (Fsp3) is 0.538. The van der Waals surface area contributed by atoms with Crippen LogP contribution < -0.4 is 5.73 Å². The Balaban J connectivity index is 2.54. The van der Waals surface area contributed by atoms with Crippen LogP contribution in [0.1, 0.15) is 19.4 Å². The lowest BCUT2D eigenvalue weighted by Crippen LogP contribution is -2.55. The lowest BCUT2D eigenvalue weighted by atomic mass is 10.1. The average molecular weight is 353 g/mol. The predicted octanol–water partition coefficient (Wildman–Crippen LogP) is 2.25. The zero-order valence-electron chi connectivity index (χ0n) is 11.9. The molecule has 118 valence electrons. The second kappa shape index (κ2) is 6.02. The van der Waals surface area contributed by atoms with E-state index in [-0.39, 0.29) is 23.0 Å². The van der Waals surface area contributed by atoms with Crippen molar-refractivity contribution in [1.82, 2.24) is 4.31 Å². The Kier molecular flexibility index (Phi) is 4.87. The minimum absolute atomic E-state index is 0.0315. The largest absolute Gasteiger partial charge is 0.378 e. The van der Waals surface area contributed by atoms with Crippen LogP contribution in [-0.2, 0) is 21.3 Å². The third kappa shape index (κ3) is 3.06. The molecule has 5 nitrogen and oxygen atoms in total.